The number of halogens is 1. The lowest BCUT2D eigenvalue weighted by Gasteiger charge is -2.23. The third kappa shape index (κ3) is 8.45. The van der Waals surface area contributed by atoms with E-state index >= 15 is 0 Å². The summed E-state index contributed by atoms with van der Waals surface area (Å²) in [6.45, 7) is 8.33. The van der Waals surface area contributed by atoms with E-state index < -0.39 is 11.7 Å². The van der Waals surface area contributed by atoms with E-state index in [9.17, 15) is 9.59 Å². The predicted octanol–water partition coefficient (Wildman–Crippen LogP) is 3.26. The normalized spacial score (nSPS) is 11.0. The molecule has 1 aromatic rings. The highest BCUT2D eigenvalue weighted by Gasteiger charge is 2.16. The zero-order valence-electron chi connectivity index (χ0n) is 14.2. The maximum Gasteiger partial charge on any atom is 0.407 e. The van der Waals surface area contributed by atoms with E-state index in [1.54, 1.807) is 25.7 Å². The van der Waals surface area contributed by atoms with Gasteiger partial charge in [-0.25, -0.2) is 4.79 Å². The van der Waals surface area contributed by atoms with Crippen molar-refractivity contribution >= 4 is 23.6 Å². The van der Waals surface area contributed by atoms with Gasteiger partial charge in [0, 0.05) is 31.6 Å². The Kier molecular flexibility index (Phi) is 7.36. The number of hydrogen-bond acceptors (Lipinski definition) is 3. The first-order chi connectivity index (χ1) is 10.7. The van der Waals surface area contributed by atoms with Crippen LogP contribution in [0.3, 0.4) is 0 Å². The molecule has 0 atom stereocenters. The average molecular weight is 341 g/mol. The molecule has 0 unspecified atom stereocenters. The molecule has 0 aliphatic rings. The molecule has 0 saturated carbocycles. The highest BCUT2D eigenvalue weighted by Crippen LogP contribution is 2.10. The summed E-state index contributed by atoms with van der Waals surface area (Å²) in [6, 6.07) is 7.55. The van der Waals surface area contributed by atoms with Crippen molar-refractivity contribution in [1.82, 2.24) is 10.2 Å². The number of ether oxygens (including phenoxy) is 1. The van der Waals surface area contributed by atoms with Crippen molar-refractivity contribution in [3.05, 3.63) is 34.9 Å². The second-order valence-corrected chi connectivity index (χ2v) is 6.75. The molecule has 6 heteroatoms. The highest BCUT2D eigenvalue weighted by molar-refractivity contribution is 6.30. The van der Waals surface area contributed by atoms with Gasteiger partial charge in [0.1, 0.15) is 5.60 Å². The van der Waals surface area contributed by atoms with Crippen LogP contribution in [0, 0.1) is 0 Å². The molecule has 0 radical (unpaired) electrons. The summed E-state index contributed by atoms with van der Waals surface area (Å²) in [7, 11) is 0. The van der Waals surface area contributed by atoms with Crippen molar-refractivity contribution in [1.29, 1.82) is 0 Å². The molecule has 0 aliphatic heterocycles. The van der Waals surface area contributed by atoms with Gasteiger partial charge in [0.25, 0.3) is 0 Å². The molecule has 0 bridgehead atoms. The van der Waals surface area contributed by atoms with Gasteiger partial charge in [-0.15, -0.1) is 0 Å². The maximum atomic E-state index is 11.7. The molecular formula is C17H25ClN2O3. The van der Waals surface area contributed by atoms with Gasteiger partial charge in [-0.05, 0) is 44.9 Å². The Bertz CT molecular complexity index is 524. The van der Waals surface area contributed by atoms with Gasteiger partial charge in [-0.1, -0.05) is 23.7 Å². The molecule has 1 rings (SSSR count). The summed E-state index contributed by atoms with van der Waals surface area (Å²) in [5, 5.41) is 3.35. The SMILES string of the molecule is CC(=O)N(CCNC(=O)OC(C)(C)C)CCc1ccc(Cl)cc1. The molecule has 2 amide bonds. The number of carbonyl (C=O) groups excluding carboxylic acids is 2. The van der Waals surface area contributed by atoms with E-state index in [0.29, 0.717) is 24.7 Å². The van der Waals surface area contributed by atoms with Crippen LogP contribution >= 0.6 is 11.6 Å². The Labute approximate surface area is 142 Å². The van der Waals surface area contributed by atoms with Crippen LogP contribution in [0.1, 0.15) is 33.3 Å². The van der Waals surface area contributed by atoms with Gasteiger partial charge in [0.15, 0.2) is 0 Å². The summed E-state index contributed by atoms with van der Waals surface area (Å²) in [5.74, 6) is -0.0232. The van der Waals surface area contributed by atoms with E-state index in [1.165, 1.54) is 6.92 Å². The molecule has 23 heavy (non-hydrogen) atoms. The maximum absolute atomic E-state index is 11.7. The number of amides is 2. The fourth-order valence-electron chi connectivity index (χ4n) is 1.95. The van der Waals surface area contributed by atoms with Crippen LogP contribution in [0.2, 0.25) is 5.02 Å². The first kappa shape index (κ1) is 19.3. The van der Waals surface area contributed by atoms with Gasteiger partial charge >= 0.3 is 6.09 Å². The number of nitrogens with zero attached hydrogens (tertiary/aromatic N) is 1. The van der Waals surface area contributed by atoms with Gasteiger partial charge in [0.2, 0.25) is 5.91 Å². The summed E-state index contributed by atoms with van der Waals surface area (Å²) in [5.41, 5.74) is 0.583. The Morgan fingerprint density at radius 2 is 1.78 bits per heavy atom. The Hall–Kier alpha value is -1.75. The Balaban J connectivity index is 2.39. The highest BCUT2D eigenvalue weighted by atomic mass is 35.5. The van der Waals surface area contributed by atoms with Crippen LogP contribution < -0.4 is 5.32 Å². The summed E-state index contributed by atoms with van der Waals surface area (Å²) < 4.78 is 5.15. The van der Waals surface area contributed by atoms with Crippen molar-refractivity contribution in [2.45, 2.75) is 39.7 Å². The molecular weight excluding hydrogens is 316 g/mol. The smallest absolute Gasteiger partial charge is 0.407 e. The van der Waals surface area contributed by atoms with Crippen LogP contribution in [-0.2, 0) is 16.0 Å². The standard InChI is InChI=1S/C17H25ClN2O3/c1-13(21)20(11-9-14-5-7-15(18)8-6-14)12-10-19-16(22)23-17(2,3)4/h5-8H,9-12H2,1-4H3,(H,19,22). The van der Waals surface area contributed by atoms with Crippen molar-refractivity contribution in [3.8, 4) is 0 Å². The molecule has 0 aliphatic carbocycles. The lowest BCUT2D eigenvalue weighted by molar-refractivity contribution is -0.128. The lowest BCUT2D eigenvalue weighted by atomic mass is 10.1. The first-order valence-corrected chi connectivity index (χ1v) is 8.02. The number of hydrogen-bond donors (Lipinski definition) is 1. The van der Waals surface area contributed by atoms with Crippen molar-refractivity contribution in [2.24, 2.45) is 0 Å². The minimum Gasteiger partial charge on any atom is -0.444 e. The van der Waals surface area contributed by atoms with Crippen LogP contribution in [0.25, 0.3) is 0 Å². The van der Waals surface area contributed by atoms with E-state index in [4.69, 9.17) is 16.3 Å². The Morgan fingerprint density at radius 1 is 1.17 bits per heavy atom. The number of benzene rings is 1. The van der Waals surface area contributed by atoms with Crippen LogP contribution in [0.4, 0.5) is 4.79 Å². The molecule has 5 nitrogen and oxygen atoms in total. The number of alkyl carbamates (subject to hydrolysis) is 1. The fraction of sp³-hybridized carbons (Fsp3) is 0.529. The second-order valence-electron chi connectivity index (χ2n) is 6.31. The van der Waals surface area contributed by atoms with Crippen LogP contribution in [0.15, 0.2) is 24.3 Å². The predicted molar refractivity (Wildman–Crippen MR) is 91.6 cm³/mol. The van der Waals surface area contributed by atoms with Crippen LogP contribution in [0.5, 0.6) is 0 Å². The van der Waals surface area contributed by atoms with Crippen molar-refractivity contribution in [2.75, 3.05) is 19.6 Å². The molecule has 0 aromatic heterocycles. The minimum atomic E-state index is -0.529. The third-order valence-electron chi connectivity index (χ3n) is 3.08. The zero-order valence-corrected chi connectivity index (χ0v) is 14.9. The quantitative estimate of drug-likeness (QED) is 0.864. The summed E-state index contributed by atoms with van der Waals surface area (Å²) in [6.07, 6.45) is 0.266. The number of rotatable bonds is 6. The average Bonchev–Trinajstić information content (AvgIpc) is 2.42. The molecule has 0 spiro atoms. The van der Waals surface area contributed by atoms with E-state index in [1.807, 2.05) is 24.3 Å². The molecule has 1 N–H and O–H groups in total. The van der Waals surface area contributed by atoms with E-state index in [-0.39, 0.29) is 5.91 Å². The summed E-state index contributed by atoms with van der Waals surface area (Å²) >= 11 is 5.85. The van der Waals surface area contributed by atoms with Gasteiger partial charge in [-0.3, -0.25) is 4.79 Å². The van der Waals surface area contributed by atoms with E-state index in [2.05, 4.69) is 5.32 Å². The van der Waals surface area contributed by atoms with Gasteiger partial charge < -0.3 is 15.0 Å². The lowest BCUT2D eigenvalue weighted by Crippen LogP contribution is -2.40. The number of nitrogens with one attached hydrogen (secondary N) is 1. The van der Waals surface area contributed by atoms with Gasteiger partial charge in [-0.2, -0.15) is 0 Å². The molecule has 0 saturated heterocycles. The topological polar surface area (TPSA) is 58.6 Å². The second kappa shape index (κ2) is 8.77. The third-order valence-corrected chi connectivity index (χ3v) is 3.33. The Morgan fingerprint density at radius 3 is 2.30 bits per heavy atom. The van der Waals surface area contributed by atoms with Gasteiger partial charge in [0.05, 0.1) is 0 Å². The fourth-order valence-corrected chi connectivity index (χ4v) is 2.07. The zero-order chi connectivity index (χ0) is 17.5. The molecule has 128 valence electrons. The van der Waals surface area contributed by atoms with E-state index in [0.717, 1.165) is 12.0 Å². The minimum absolute atomic E-state index is 0.0232. The largest absolute Gasteiger partial charge is 0.444 e. The molecule has 1 aromatic carbocycles. The molecule has 0 heterocycles. The van der Waals surface area contributed by atoms with Crippen molar-refractivity contribution < 1.29 is 14.3 Å². The number of carbonyl (C=O) groups is 2. The monoisotopic (exact) mass is 340 g/mol. The van der Waals surface area contributed by atoms with Crippen molar-refractivity contribution in [3.63, 3.8) is 0 Å². The first-order valence-electron chi connectivity index (χ1n) is 7.64. The van der Waals surface area contributed by atoms with Crippen LogP contribution in [-0.4, -0.2) is 42.1 Å². The molecule has 0 fully saturated rings. The summed E-state index contributed by atoms with van der Waals surface area (Å²) in [4.78, 5) is 25.0.